The maximum atomic E-state index is 11.9. The minimum absolute atomic E-state index is 0.00663. The van der Waals surface area contributed by atoms with Gasteiger partial charge in [0.1, 0.15) is 6.61 Å². The van der Waals surface area contributed by atoms with Gasteiger partial charge < -0.3 is 15.2 Å². The Morgan fingerprint density at radius 1 is 1.25 bits per heavy atom. The third kappa shape index (κ3) is 5.96. The summed E-state index contributed by atoms with van der Waals surface area (Å²) in [5.74, 6) is -1.30. The predicted octanol–water partition coefficient (Wildman–Crippen LogP) is 2.64. The Morgan fingerprint density at radius 2 is 1.96 bits per heavy atom. The molecule has 3 atom stereocenters. The predicted molar refractivity (Wildman–Crippen MR) is 91.7 cm³/mol. The van der Waals surface area contributed by atoms with Gasteiger partial charge in [0.05, 0.1) is 12.0 Å². The molecule has 1 aliphatic rings. The Hall–Kier alpha value is -1.88. The summed E-state index contributed by atoms with van der Waals surface area (Å²) < 4.78 is 5.71. The smallest absolute Gasteiger partial charge is 0.308 e. The van der Waals surface area contributed by atoms with Crippen LogP contribution in [-0.2, 0) is 20.7 Å². The molecule has 24 heavy (non-hydrogen) atoms. The topological polar surface area (TPSA) is 75.6 Å². The van der Waals surface area contributed by atoms with E-state index < -0.39 is 11.9 Å². The molecule has 5 heteroatoms. The van der Waals surface area contributed by atoms with Crippen molar-refractivity contribution < 1.29 is 19.4 Å². The number of ether oxygens (including phenoxy) is 1. The molecule has 0 heterocycles. The van der Waals surface area contributed by atoms with E-state index in [9.17, 15) is 14.7 Å². The molecule has 0 radical (unpaired) electrons. The SMILES string of the molecule is CC1CCCCC1OCC(=O)NCC(Cc1ccccc1)C(=O)O. The summed E-state index contributed by atoms with van der Waals surface area (Å²) in [5, 5.41) is 12.0. The van der Waals surface area contributed by atoms with Crippen molar-refractivity contribution in [2.75, 3.05) is 13.2 Å². The first kappa shape index (κ1) is 18.5. The highest BCUT2D eigenvalue weighted by Gasteiger charge is 2.23. The van der Waals surface area contributed by atoms with Crippen molar-refractivity contribution in [3.05, 3.63) is 35.9 Å². The molecule has 0 bridgehead atoms. The van der Waals surface area contributed by atoms with Gasteiger partial charge in [0.25, 0.3) is 0 Å². The van der Waals surface area contributed by atoms with Crippen LogP contribution in [0.1, 0.15) is 38.2 Å². The lowest BCUT2D eigenvalue weighted by molar-refractivity contribution is -0.141. The lowest BCUT2D eigenvalue weighted by Gasteiger charge is -2.28. The Kier molecular flexibility index (Phi) is 7.25. The van der Waals surface area contributed by atoms with Crippen LogP contribution in [0.3, 0.4) is 0 Å². The molecule has 1 aromatic carbocycles. The standard InChI is InChI=1S/C19H27NO4/c1-14-7-5-6-10-17(14)24-13-18(21)20-12-16(19(22)23)11-15-8-3-2-4-9-15/h2-4,8-9,14,16-17H,5-7,10-13H2,1H3,(H,20,21)(H,22,23). The van der Waals surface area contributed by atoms with Crippen molar-refractivity contribution >= 4 is 11.9 Å². The molecule has 1 saturated carbocycles. The zero-order valence-electron chi connectivity index (χ0n) is 14.2. The van der Waals surface area contributed by atoms with E-state index in [1.54, 1.807) is 0 Å². The summed E-state index contributed by atoms with van der Waals surface area (Å²) in [5.41, 5.74) is 0.950. The van der Waals surface area contributed by atoms with E-state index >= 15 is 0 Å². The molecule has 1 amide bonds. The molecule has 1 fully saturated rings. The largest absolute Gasteiger partial charge is 0.481 e. The fourth-order valence-electron chi connectivity index (χ4n) is 3.15. The molecule has 132 valence electrons. The van der Waals surface area contributed by atoms with Crippen molar-refractivity contribution in [1.29, 1.82) is 0 Å². The van der Waals surface area contributed by atoms with Crippen LogP contribution < -0.4 is 5.32 Å². The second kappa shape index (κ2) is 9.42. The molecule has 0 saturated heterocycles. The van der Waals surface area contributed by atoms with Gasteiger partial charge in [-0.1, -0.05) is 50.1 Å². The third-order valence-electron chi connectivity index (χ3n) is 4.68. The van der Waals surface area contributed by atoms with Gasteiger partial charge in [-0.05, 0) is 30.7 Å². The Bertz CT molecular complexity index is 531. The average molecular weight is 333 g/mol. The van der Waals surface area contributed by atoms with Gasteiger partial charge in [0.15, 0.2) is 0 Å². The van der Waals surface area contributed by atoms with E-state index in [1.807, 2.05) is 30.3 Å². The van der Waals surface area contributed by atoms with Crippen LogP contribution in [-0.4, -0.2) is 36.2 Å². The number of amides is 1. The van der Waals surface area contributed by atoms with Gasteiger partial charge in [0, 0.05) is 6.54 Å². The molecule has 2 N–H and O–H groups in total. The molecule has 3 unspecified atom stereocenters. The van der Waals surface area contributed by atoms with Crippen molar-refractivity contribution in [1.82, 2.24) is 5.32 Å². The van der Waals surface area contributed by atoms with Gasteiger partial charge in [-0.2, -0.15) is 0 Å². The van der Waals surface area contributed by atoms with Gasteiger partial charge in [-0.3, -0.25) is 9.59 Å². The van der Waals surface area contributed by atoms with Gasteiger partial charge in [-0.25, -0.2) is 0 Å². The highest BCUT2D eigenvalue weighted by molar-refractivity contribution is 5.78. The lowest BCUT2D eigenvalue weighted by Crippen LogP contribution is -2.37. The second-order valence-corrected chi connectivity index (χ2v) is 6.64. The van der Waals surface area contributed by atoms with E-state index in [2.05, 4.69) is 12.2 Å². The monoisotopic (exact) mass is 333 g/mol. The summed E-state index contributed by atoms with van der Waals surface area (Å²) in [7, 11) is 0. The molecule has 2 rings (SSSR count). The van der Waals surface area contributed by atoms with Crippen molar-refractivity contribution in [2.24, 2.45) is 11.8 Å². The molecule has 0 spiro atoms. The zero-order valence-corrected chi connectivity index (χ0v) is 14.2. The summed E-state index contributed by atoms with van der Waals surface area (Å²) in [6, 6.07) is 9.44. The minimum atomic E-state index is -0.902. The van der Waals surface area contributed by atoms with E-state index in [0.717, 1.165) is 24.8 Å². The average Bonchev–Trinajstić information content (AvgIpc) is 2.58. The summed E-state index contributed by atoms with van der Waals surface area (Å²) in [6.07, 6.45) is 5.06. The number of benzene rings is 1. The van der Waals surface area contributed by atoms with E-state index in [4.69, 9.17) is 4.74 Å². The number of carboxylic acid groups (broad SMARTS) is 1. The number of aliphatic carboxylic acids is 1. The van der Waals surface area contributed by atoms with Crippen LogP contribution in [0.25, 0.3) is 0 Å². The van der Waals surface area contributed by atoms with Gasteiger partial charge in [0.2, 0.25) is 5.91 Å². The molecular weight excluding hydrogens is 306 g/mol. The normalized spacial score (nSPS) is 21.9. The van der Waals surface area contributed by atoms with Crippen LogP contribution in [0.2, 0.25) is 0 Å². The summed E-state index contributed by atoms with van der Waals surface area (Å²) in [4.78, 5) is 23.3. The minimum Gasteiger partial charge on any atom is -0.481 e. The third-order valence-corrected chi connectivity index (χ3v) is 4.68. The number of carboxylic acids is 1. The van der Waals surface area contributed by atoms with Crippen LogP contribution in [0.15, 0.2) is 30.3 Å². The van der Waals surface area contributed by atoms with Crippen LogP contribution in [0.5, 0.6) is 0 Å². The van der Waals surface area contributed by atoms with Crippen molar-refractivity contribution in [3.63, 3.8) is 0 Å². The zero-order chi connectivity index (χ0) is 17.4. The second-order valence-electron chi connectivity index (χ2n) is 6.64. The number of carbonyl (C=O) groups excluding carboxylic acids is 1. The molecule has 5 nitrogen and oxygen atoms in total. The Balaban J connectivity index is 1.74. The lowest BCUT2D eigenvalue weighted by atomic mass is 9.88. The van der Waals surface area contributed by atoms with E-state index in [1.165, 1.54) is 6.42 Å². The highest BCUT2D eigenvalue weighted by atomic mass is 16.5. The maximum Gasteiger partial charge on any atom is 0.308 e. The van der Waals surface area contributed by atoms with Crippen LogP contribution in [0.4, 0.5) is 0 Å². The van der Waals surface area contributed by atoms with Crippen LogP contribution in [0, 0.1) is 11.8 Å². The fraction of sp³-hybridized carbons (Fsp3) is 0.579. The summed E-state index contributed by atoms with van der Waals surface area (Å²) >= 11 is 0. The Morgan fingerprint density at radius 3 is 2.62 bits per heavy atom. The van der Waals surface area contributed by atoms with Crippen LogP contribution >= 0.6 is 0 Å². The van der Waals surface area contributed by atoms with E-state index in [-0.39, 0.29) is 25.2 Å². The first-order valence-corrected chi connectivity index (χ1v) is 8.71. The fourth-order valence-corrected chi connectivity index (χ4v) is 3.15. The van der Waals surface area contributed by atoms with Crippen molar-refractivity contribution in [3.8, 4) is 0 Å². The van der Waals surface area contributed by atoms with Gasteiger partial charge >= 0.3 is 5.97 Å². The first-order chi connectivity index (χ1) is 11.6. The highest BCUT2D eigenvalue weighted by Crippen LogP contribution is 2.26. The van der Waals surface area contributed by atoms with Crippen molar-refractivity contribution in [2.45, 2.75) is 45.1 Å². The molecule has 1 aromatic rings. The number of hydrogen-bond donors (Lipinski definition) is 2. The number of hydrogen-bond acceptors (Lipinski definition) is 3. The quantitative estimate of drug-likeness (QED) is 0.767. The first-order valence-electron chi connectivity index (χ1n) is 8.71. The molecule has 1 aliphatic carbocycles. The number of rotatable bonds is 8. The number of carbonyl (C=O) groups is 2. The molecule has 0 aromatic heterocycles. The number of nitrogens with one attached hydrogen (secondary N) is 1. The van der Waals surface area contributed by atoms with E-state index in [0.29, 0.717) is 12.3 Å². The molecular formula is C19H27NO4. The maximum absolute atomic E-state index is 11.9. The Labute approximate surface area is 143 Å². The summed E-state index contributed by atoms with van der Waals surface area (Å²) in [6.45, 7) is 2.28. The molecule has 0 aliphatic heterocycles. The van der Waals surface area contributed by atoms with Gasteiger partial charge in [-0.15, -0.1) is 0 Å².